The van der Waals surface area contributed by atoms with Crippen molar-refractivity contribution in [1.29, 1.82) is 0 Å². The predicted molar refractivity (Wildman–Crippen MR) is 79.4 cm³/mol. The molecule has 0 aromatic carbocycles. The zero-order chi connectivity index (χ0) is 14.8. The molecule has 1 aromatic rings. The number of hydrogen-bond donors (Lipinski definition) is 2. The zero-order valence-corrected chi connectivity index (χ0v) is 12.1. The number of thiazole rings is 1. The molecular weight excluding hydrogens is 302 g/mol. The lowest BCUT2D eigenvalue weighted by atomic mass is 10.3. The van der Waals surface area contributed by atoms with Crippen LogP contribution in [-0.2, 0) is 14.4 Å². The lowest BCUT2D eigenvalue weighted by molar-refractivity contribution is -0.129. The molecule has 0 fully saturated rings. The predicted octanol–water partition coefficient (Wildman–Crippen LogP) is 1.44. The maximum atomic E-state index is 11.1. The number of aliphatic carboxylic acids is 1. The topological polar surface area (TPSA) is 101 Å². The van der Waals surface area contributed by atoms with Crippen molar-refractivity contribution in [3.8, 4) is 0 Å². The fourth-order valence-corrected chi connectivity index (χ4v) is 2.25. The van der Waals surface area contributed by atoms with E-state index < -0.39 is 5.97 Å². The van der Waals surface area contributed by atoms with Crippen LogP contribution in [-0.4, -0.2) is 46.3 Å². The minimum Gasteiger partial charge on any atom is -0.476 e. The summed E-state index contributed by atoms with van der Waals surface area (Å²) in [5.41, 5.74) is -0.153. The van der Waals surface area contributed by atoms with Gasteiger partial charge in [0.2, 0.25) is 12.1 Å². The molecule has 0 spiro atoms. The van der Waals surface area contributed by atoms with Gasteiger partial charge < -0.3 is 15.3 Å². The molecule has 1 rings (SSSR count). The van der Waals surface area contributed by atoms with Gasteiger partial charge in [-0.1, -0.05) is 11.2 Å². The summed E-state index contributed by atoms with van der Waals surface area (Å²) in [6.45, 7) is 3.87. The fraction of sp³-hybridized carbons (Fsp3) is 0.273. The molecular formula is C11H13N3O4S2. The highest BCUT2D eigenvalue weighted by atomic mass is 32.2. The van der Waals surface area contributed by atoms with Crippen LogP contribution in [0.1, 0.15) is 5.69 Å². The monoisotopic (exact) mass is 315 g/mol. The minimum atomic E-state index is -1.24. The second-order valence-corrected chi connectivity index (χ2v) is 5.25. The van der Waals surface area contributed by atoms with E-state index in [0.717, 1.165) is 17.1 Å². The van der Waals surface area contributed by atoms with Gasteiger partial charge in [-0.05, 0) is 0 Å². The number of hydrogen-bond acceptors (Lipinski definition) is 7. The summed E-state index contributed by atoms with van der Waals surface area (Å²) in [6.07, 6.45) is 2.24. The zero-order valence-electron chi connectivity index (χ0n) is 10.4. The summed E-state index contributed by atoms with van der Waals surface area (Å²) < 4.78 is 0. The van der Waals surface area contributed by atoms with Gasteiger partial charge in [-0.2, -0.15) is 11.8 Å². The number of carboxylic acids is 1. The standard InChI is InChI=1S/C11H13N3O4S2/c1-2-4-19-5-3-18-14-9(10(16)17)8-6-20-11(13-8)12-7-15/h2,6-7H,1,3-5H2,(H,16,17)(H,12,13,15). The average molecular weight is 315 g/mol. The number of carboxylic acid groups (broad SMARTS) is 1. The van der Waals surface area contributed by atoms with Crippen molar-refractivity contribution >= 4 is 46.3 Å². The Bertz CT molecular complexity index is 502. The smallest absolute Gasteiger partial charge is 0.360 e. The number of anilines is 1. The van der Waals surface area contributed by atoms with E-state index in [1.165, 1.54) is 5.38 Å². The quantitative estimate of drug-likeness (QED) is 0.223. The van der Waals surface area contributed by atoms with E-state index in [2.05, 4.69) is 22.0 Å². The summed E-state index contributed by atoms with van der Waals surface area (Å²) >= 11 is 2.70. The first-order chi connectivity index (χ1) is 9.69. The third-order valence-corrected chi connectivity index (χ3v) is 3.54. The maximum Gasteiger partial charge on any atom is 0.360 e. The number of carbonyl (C=O) groups is 2. The molecule has 1 heterocycles. The van der Waals surface area contributed by atoms with E-state index in [1.807, 2.05) is 0 Å². The molecule has 2 N–H and O–H groups in total. The Morgan fingerprint density at radius 1 is 1.70 bits per heavy atom. The average Bonchev–Trinajstić information content (AvgIpc) is 2.86. The molecule has 0 aliphatic carbocycles. The summed E-state index contributed by atoms with van der Waals surface area (Å²) in [5.74, 6) is 0.232. The first-order valence-corrected chi connectivity index (χ1v) is 7.50. The van der Waals surface area contributed by atoms with Gasteiger partial charge in [-0.15, -0.1) is 17.9 Å². The van der Waals surface area contributed by atoms with E-state index in [0.29, 0.717) is 23.9 Å². The Hall–Kier alpha value is -1.87. The number of amides is 1. The van der Waals surface area contributed by atoms with Crippen molar-refractivity contribution in [2.45, 2.75) is 0 Å². The van der Waals surface area contributed by atoms with Gasteiger partial charge in [0.25, 0.3) is 0 Å². The highest BCUT2D eigenvalue weighted by Gasteiger charge is 2.17. The summed E-state index contributed by atoms with van der Waals surface area (Å²) in [6, 6.07) is 0. The van der Waals surface area contributed by atoms with Crippen LogP contribution in [0.15, 0.2) is 23.2 Å². The first kappa shape index (κ1) is 16.2. The molecule has 9 heteroatoms. The van der Waals surface area contributed by atoms with Crippen molar-refractivity contribution < 1.29 is 19.5 Å². The van der Waals surface area contributed by atoms with Crippen molar-refractivity contribution in [2.24, 2.45) is 5.16 Å². The molecule has 0 atom stereocenters. The molecule has 0 saturated carbocycles. The van der Waals surface area contributed by atoms with Crippen molar-refractivity contribution in [1.82, 2.24) is 4.98 Å². The van der Waals surface area contributed by atoms with E-state index in [1.54, 1.807) is 17.8 Å². The largest absolute Gasteiger partial charge is 0.476 e. The van der Waals surface area contributed by atoms with Crippen LogP contribution >= 0.6 is 23.1 Å². The number of rotatable bonds is 10. The Morgan fingerprint density at radius 3 is 3.15 bits per heavy atom. The molecule has 0 unspecified atom stereocenters. The number of nitrogens with zero attached hydrogens (tertiary/aromatic N) is 2. The molecule has 0 aliphatic rings. The van der Waals surface area contributed by atoms with E-state index >= 15 is 0 Å². The Morgan fingerprint density at radius 2 is 2.50 bits per heavy atom. The van der Waals surface area contributed by atoms with E-state index in [4.69, 9.17) is 9.94 Å². The SMILES string of the molecule is C=CCSCCON=C(C(=O)O)c1csc(NC=O)n1. The molecule has 7 nitrogen and oxygen atoms in total. The van der Waals surface area contributed by atoms with Gasteiger partial charge >= 0.3 is 5.97 Å². The summed E-state index contributed by atoms with van der Waals surface area (Å²) in [5, 5.41) is 16.7. The maximum absolute atomic E-state index is 11.1. The number of carbonyl (C=O) groups excluding carboxylic acids is 1. The number of oxime groups is 1. The second-order valence-electron chi connectivity index (χ2n) is 3.24. The molecule has 0 radical (unpaired) electrons. The van der Waals surface area contributed by atoms with Crippen molar-refractivity contribution in [3.05, 3.63) is 23.7 Å². The van der Waals surface area contributed by atoms with Crippen LogP contribution in [0.4, 0.5) is 5.13 Å². The third-order valence-electron chi connectivity index (χ3n) is 1.84. The molecule has 1 aromatic heterocycles. The van der Waals surface area contributed by atoms with Crippen LogP contribution in [0.25, 0.3) is 0 Å². The Kier molecular flexibility index (Phi) is 7.36. The second kappa shape index (κ2) is 9.10. The third kappa shape index (κ3) is 5.41. The fourth-order valence-electron chi connectivity index (χ4n) is 1.07. The van der Waals surface area contributed by atoms with Crippen molar-refractivity contribution in [2.75, 3.05) is 23.4 Å². The Labute approximate surface area is 123 Å². The van der Waals surface area contributed by atoms with Crippen LogP contribution in [0, 0.1) is 0 Å². The molecule has 20 heavy (non-hydrogen) atoms. The minimum absolute atomic E-state index is 0.144. The molecule has 108 valence electrons. The van der Waals surface area contributed by atoms with Gasteiger partial charge in [0.15, 0.2) is 5.13 Å². The number of thioether (sulfide) groups is 1. The highest BCUT2D eigenvalue weighted by molar-refractivity contribution is 7.99. The van der Waals surface area contributed by atoms with Gasteiger partial charge in [0, 0.05) is 16.9 Å². The summed E-state index contributed by atoms with van der Waals surface area (Å²) in [4.78, 5) is 30.2. The molecule has 0 aliphatic heterocycles. The van der Waals surface area contributed by atoms with Gasteiger partial charge in [0.1, 0.15) is 12.3 Å². The lowest BCUT2D eigenvalue weighted by Crippen LogP contribution is -2.16. The van der Waals surface area contributed by atoms with E-state index in [9.17, 15) is 9.59 Å². The first-order valence-electron chi connectivity index (χ1n) is 5.47. The van der Waals surface area contributed by atoms with Crippen LogP contribution in [0.5, 0.6) is 0 Å². The van der Waals surface area contributed by atoms with E-state index in [-0.39, 0.29) is 11.4 Å². The number of nitrogens with one attached hydrogen (secondary N) is 1. The van der Waals surface area contributed by atoms with Gasteiger partial charge in [0.05, 0.1) is 0 Å². The van der Waals surface area contributed by atoms with Gasteiger partial charge in [-0.25, -0.2) is 9.78 Å². The lowest BCUT2D eigenvalue weighted by Gasteiger charge is -2.00. The Balaban J connectivity index is 2.60. The van der Waals surface area contributed by atoms with Crippen LogP contribution in [0.3, 0.4) is 0 Å². The highest BCUT2D eigenvalue weighted by Crippen LogP contribution is 2.15. The van der Waals surface area contributed by atoms with Crippen LogP contribution < -0.4 is 5.32 Å². The number of aromatic nitrogens is 1. The summed E-state index contributed by atoms with van der Waals surface area (Å²) in [7, 11) is 0. The molecule has 0 saturated heterocycles. The van der Waals surface area contributed by atoms with Crippen molar-refractivity contribution in [3.63, 3.8) is 0 Å². The van der Waals surface area contributed by atoms with Gasteiger partial charge in [-0.3, -0.25) is 4.79 Å². The van der Waals surface area contributed by atoms with Crippen LogP contribution in [0.2, 0.25) is 0 Å². The normalized spacial score (nSPS) is 10.9. The molecule has 1 amide bonds. The molecule has 0 bridgehead atoms.